The van der Waals surface area contributed by atoms with Crippen LogP contribution >= 0.6 is 11.3 Å². The largest absolute Gasteiger partial charge is 0.444 e. The summed E-state index contributed by atoms with van der Waals surface area (Å²) >= 11 is 1.76. The van der Waals surface area contributed by atoms with Gasteiger partial charge in [0.2, 0.25) is 0 Å². The molecule has 2 aromatic rings. The molecule has 2 heterocycles. The summed E-state index contributed by atoms with van der Waals surface area (Å²) in [5, 5.41) is 3.41. The first kappa shape index (κ1) is 19.2. The molecule has 1 fully saturated rings. The van der Waals surface area contributed by atoms with E-state index in [-0.39, 0.29) is 12.0 Å². The lowest BCUT2D eigenvalue weighted by molar-refractivity contribution is 0.0205. The van der Waals surface area contributed by atoms with Crippen molar-refractivity contribution in [1.29, 1.82) is 0 Å². The van der Waals surface area contributed by atoms with Crippen molar-refractivity contribution in [2.75, 3.05) is 13.1 Å². The molecule has 4 nitrogen and oxygen atoms in total. The summed E-state index contributed by atoms with van der Waals surface area (Å²) in [6.07, 6.45) is 6.19. The van der Waals surface area contributed by atoms with E-state index in [0.717, 1.165) is 31.6 Å². The van der Waals surface area contributed by atoms with Crippen molar-refractivity contribution in [3.05, 3.63) is 57.0 Å². The number of aryl methyl sites for hydroxylation is 1. The standard InChI is InChI=1S/C23H28N2O2S/c1-15-6-5-7-18-17(15)8-9-19(18)20-14-28-21(24-20)16-10-12-25(13-11-16)22(26)27-23(2,3)4/h5-9,14,16,19H,10-13H2,1-4H3. The third-order valence-electron chi connectivity index (χ3n) is 5.50. The lowest BCUT2D eigenvalue weighted by Crippen LogP contribution is -2.41. The number of thiazole rings is 1. The number of benzene rings is 1. The number of carbonyl (C=O) groups is 1. The smallest absolute Gasteiger partial charge is 0.410 e. The molecule has 0 N–H and O–H groups in total. The summed E-state index contributed by atoms with van der Waals surface area (Å²) < 4.78 is 5.50. The van der Waals surface area contributed by atoms with Crippen molar-refractivity contribution in [2.24, 2.45) is 0 Å². The molecular formula is C23H28N2O2S. The third-order valence-corrected chi connectivity index (χ3v) is 6.53. The Morgan fingerprint density at radius 1 is 1.25 bits per heavy atom. The summed E-state index contributed by atoms with van der Waals surface area (Å²) in [5.74, 6) is 0.696. The van der Waals surface area contributed by atoms with Crippen LogP contribution in [0, 0.1) is 6.92 Å². The molecule has 1 atom stereocenters. The fourth-order valence-corrected chi connectivity index (χ4v) is 5.05. The van der Waals surface area contributed by atoms with Crippen molar-refractivity contribution in [1.82, 2.24) is 9.88 Å². The van der Waals surface area contributed by atoms with Crippen LogP contribution < -0.4 is 0 Å². The second kappa shape index (κ2) is 7.36. The Labute approximate surface area is 171 Å². The number of fused-ring (bicyclic) bond motifs is 1. The maximum absolute atomic E-state index is 12.3. The van der Waals surface area contributed by atoms with E-state index in [4.69, 9.17) is 9.72 Å². The van der Waals surface area contributed by atoms with Gasteiger partial charge in [0.1, 0.15) is 5.60 Å². The number of ether oxygens (including phenoxy) is 1. The maximum Gasteiger partial charge on any atom is 0.410 e. The van der Waals surface area contributed by atoms with E-state index in [1.54, 1.807) is 11.3 Å². The molecule has 0 spiro atoms. The van der Waals surface area contributed by atoms with Crippen LogP contribution in [0.2, 0.25) is 0 Å². The van der Waals surface area contributed by atoms with Gasteiger partial charge in [-0.25, -0.2) is 9.78 Å². The van der Waals surface area contributed by atoms with Gasteiger partial charge in [-0.1, -0.05) is 30.4 Å². The Hall–Kier alpha value is -2.14. The van der Waals surface area contributed by atoms with E-state index in [0.29, 0.717) is 5.92 Å². The van der Waals surface area contributed by atoms with E-state index < -0.39 is 5.60 Å². The number of aromatic nitrogens is 1. The minimum atomic E-state index is -0.443. The van der Waals surface area contributed by atoms with Gasteiger partial charge in [-0.2, -0.15) is 0 Å². The highest BCUT2D eigenvalue weighted by Crippen LogP contribution is 2.39. The zero-order valence-electron chi connectivity index (χ0n) is 17.1. The highest BCUT2D eigenvalue weighted by atomic mass is 32.1. The molecule has 1 amide bonds. The van der Waals surface area contributed by atoms with Crippen molar-refractivity contribution in [3.63, 3.8) is 0 Å². The first-order chi connectivity index (χ1) is 13.3. The molecule has 148 valence electrons. The molecule has 0 saturated carbocycles. The van der Waals surface area contributed by atoms with Crippen molar-refractivity contribution in [2.45, 2.75) is 58.0 Å². The van der Waals surface area contributed by atoms with Crippen LogP contribution in [-0.2, 0) is 4.74 Å². The number of carbonyl (C=O) groups excluding carboxylic acids is 1. The van der Waals surface area contributed by atoms with Crippen molar-refractivity contribution >= 4 is 23.5 Å². The molecule has 5 heteroatoms. The van der Waals surface area contributed by atoms with Gasteiger partial charge in [-0.05, 0) is 57.2 Å². The first-order valence-electron chi connectivity index (χ1n) is 10.0. The molecule has 1 saturated heterocycles. The number of hydrogen-bond donors (Lipinski definition) is 0. The molecule has 1 unspecified atom stereocenters. The van der Waals surface area contributed by atoms with E-state index in [2.05, 4.69) is 42.7 Å². The SMILES string of the molecule is Cc1cccc2c1C=CC2c1csc(C2CCN(C(=O)OC(C)(C)C)CC2)n1. The molecule has 28 heavy (non-hydrogen) atoms. The fraction of sp³-hybridized carbons (Fsp3) is 0.478. The minimum absolute atomic E-state index is 0.200. The topological polar surface area (TPSA) is 42.4 Å². The van der Waals surface area contributed by atoms with E-state index in [1.807, 2.05) is 25.7 Å². The van der Waals surface area contributed by atoms with Gasteiger partial charge in [0, 0.05) is 30.3 Å². The zero-order valence-corrected chi connectivity index (χ0v) is 17.9. The Morgan fingerprint density at radius 3 is 2.71 bits per heavy atom. The van der Waals surface area contributed by atoms with E-state index >= 15 is 0 Å². The van der Waals surface area contributed by atoms with Crippen molar-refractivity contribution < 1.29 is 9.53 Å². The number of likely N-dealkylation sites (tertiary alicyclic amines) is 1. The van der Waals surface area contributed by atoms with Crippen LogP contribution in [0.3, 0.4) is 0 Å². The molecule has 1 aliphatic carbocycles. The van der Waals surface area contributed by atoms with Crippen LogP contribution in [-0.4, -0.2) is 34.7 Å². The zero-order chi connectivity index (χ0) is 19.9. The third kappa shape index (κ3) is 3.86. The summed E-state index contributed by atoms with van der Waals surface area (Å²) in [7, 11) is 0. The molecule has 1 aromatic carbocycles. The summed E-state index contributed by atoms with van der Waals surface area (Å²) in [5.41, 5.74) is 4.72. The monoisotopic (exact) mass is 396 g/mol. The van der Waals surface area contributed by atoms with Crippen molar-refractivity contribution in [3.8, 4) is 0 Å². The molecule has 1 aliphatic heterocycles. The van der Waals surface area contributed by atoms with Gasteiger partial charge in [-0.15, -0.1) is 11.3 Å². The predicted octanol–water partition coefficient (Wildman–Crippen LogP) is 5.72. The number of piperidine rings is 1. The second-order valence-electron chi connectivity index (χ2n) is 8.77. The lowest BCUT2D eigenvalue weighted by Gasteiger charge is -2.32. The summed E-state index contributed by atoms with van der Waals surface area (Å²) in [6.45, 7) is 9.36. The average Bonchev–Trinajstić information content (AvgIpc) is 3.28. The minimum Gasteiger partial charge on any atom is -0.444 e. The van der Waals surface area contributed by atoms with Crippen LogP contribution in [0.5, 0.6) is 0 Å². The lowest BCUT2D eigenvalue weighted by atomic mass is 9.95. The molecule has 0 radical (unpaired) electrons. The van der Waals surface area contributed by atoms with E-state index in [1.165, 1.54) is 21.7 Å². The van der Waals surface area contributed by atoms with Gasteiger partial charge in [-0.3, -0.25) is 0 Å². The summed E-state index contributed by atoms with van der Waals surface area (Å²) in [6, 6.07) is 6.51. The quantitative estimate of drug-likeness (QED) is 0.651. The van der Waals surface area contributed by atoms with Gasteiger partial charge in [0.25, 0.3) is 0 Å². The van der Waals surface area contributed by atoms with Crippen LogP contribution in [0.15, 0.2) is 29.7 Å². The predicted molar refractivity (Wildman–Crippen MR) is 114 cm³/mol. The van der Waals surface area contributed by atoms with Crippen LogP contribution in [0.25, 0.3) is 6.08 Å². The number of hydrogen-bond acceptors (Lipinski definition) is 4. The number of rotatable bonds is 2. The van der Waals surface area contributed by atoms with E-state index in [9.17, 15) is 4.79 Å². The number of nitrogens with zero attached hydrogens (tertiary/aromatic N) is 2. The Kier molecular flexibility index (Phi) is 5.04. The molecule has 4 rings (SSSR count). The first-order valence-corrected chi connectivity index (χ1v) is 10.9. The maximum atomic E-state index is 12.3. The Bertz CT molecular complexity index is 902. The van der Waals surface area contributed by atoms with Gasteiger partial charge < -0.3 is 9.64 Å². The van der Waals surface area contributed by atoms with Gasteiger partial charge >= 0.3 is 6.09 Å². The molecule has 1 aromatic heterocycles. The summed E-state index contributed by atoms with van der Waals surface area (Å²) in [4.78, 5) is 19.1. The Balaban J connectivity index is 1.41. The second-order valence-corrected chi connectivity index (χ2v) is 9.66. The number of allylic oxidation sites excluding steroid dienone is 1. The van der Waals surface area contributed by atoms with Crippen LogP contribution in [0.1, 0.15) is 72.8 Å². The molecular weight excluding hydrogens is 368 g/mol. The molecule has 0 bridgehead atoms. The fourth-order valence-electron chi connectivity index (χ4n) is 4.02. The average molecular weight is 397 g/mol. The highest BCUT2D eigenvalue weighted by Gasteiger charge is 2.30. The normalized spacial score (nSPS) is 19.7. The highest BCUT2D eigenvalue weighted by molar-refractivity contribution is 7.09. The van der Waals surface area contributed by atoms with Crippen LogP contribution in [0.4, 0.5) is 4.79 Å². The Morgan fingerprint density at radius 2 is 2.00 bits per heavy atom. The molecule has 2 aliphatic rings. The van der Waals surface area contributed by atoms with Gasteiger partial charge in [0.05, 0.1) is 10.7 Å². The number of amides is 1. The van der Waals surface area contributed by atoms with Gasteiger partial charge in [0.15, 0.2) is 0 Å².